The normalized spacial score (nSPS) is 10.1. The minimum atomic E-state index is -0.457. The Hall–Kier alpha value is -1.65. The van der Waals surface area contributed by atoms with Gasteiger partial charge in [0.2, 0.25) is 0 Å². The average molecular weight is 223 g/mol. The molecule has 0 spiro atoms. The summed E-state index contributed by atoms with van der Waals surface area (Å²) < 4.78 is 6.51. The first-order chi connectivity index (χ1) is 7.77. The van der Waals surface area contributed by atoms with Crippen LogP contribution in [0.3, 0.4) is 0 Å². The molecule has 0 aliphatic rings. The van der Waals surface area contributed by atoms with Crippen LogP contribution in [0.4, 0.5) is 0 Å². The number of rotatable bonds is 7. The third-order valence-electron chi connectivity index (χ3n) is 2.07. The first-order valence-corrected chi connectivity index (χ1v) is 5.46. The fraction of sp³-hybridized carbons (Fsp3) is 0.545. The van der Waals surface area contributed by atoms with Crippen LogP contribution in [-0.4, -0.2) is 27.6 Å². The molecule has 0 atom stereocenters. The third kappa shape index (κ3) is 3.84. The second kappa shape index (κ2) is 6.76. The van der Waals surface area contributed by atoms with Crippen LogP contribution in [0.15, 0.2) is 18.9 Å². The van der Waals surface area contributed by atoms with Gasteiger partial charge >= 0.3 is 5.97 Å². The van der Waals surface area contributed by atoms with Crippen molar-refractivity contribution in [2.75, 3.05) is 6.61 Å². The summed E-state index contributed by atoms with van der Waals surface area (Å²) in [7, 11) is 0. The molecule has 0 amide bonds. The molecule has 0 aliphatic heterocycles. The van der Waals surface area contributed by atoms with Gasteiger partial charge in [-0.1, -0.05) is 37.6 Å². The number of esters is 1. The van der Waals surface area contributed by atoms with E-state index in [1.807, 2.05) is 0 Å². The molecule has 1 rings (SSSR count). The van der Waals surface area contributed by atoms with Crippen LogP contribution in [0.25, 0.3) is 0 Å². The van der Waals surface area contributed by atoms with E-state index in [1.54, 1.807) is 10.9 Å². The molecule has 16 heavy (non-hydrogen) atoms. The van der Waals surface area contributed by atoms with E-state index in [9.17, 15) is 4.79 Å². The zero-order chi connectivity index (χ0) is 11.8. The lowest BCUT2D eigenvalue weighted by Gasteiger charge is -1.98. The quantitative estimate of drug-likeness (QED) is 0.402. The third-order valence-corrected chi connectivity index (χ3v) is 2.07. The molecular formula is C11H17N3O2. The van der Waals surface area contributed by atoms with Crippen molar-refractivity contribution >= 4 is 5.97 Å². The molecule has 0 fully saturated rings. The molecule has 5 heteroatoms. The number of carbonyl (C=O) groups excluding carboxylic acids is 1. The van der Waals surface area contributed by atoms with Gasteiger partial charge < -0.3 is 4.74 Å². The van der Waals surface area contributed by atoms with Crippen LogP contribution in [-0.2, 0) is 11.3 Å². The van der Waals surface area contributed by atoms with Crippen LogP contribution in [0, 0.1) is 0 Å². The maximum Gasteiger partial charge on any atom is 0.360 e. The van der Waals surface area contributed by atoms with Gasteiger partial charge in [-0.25, -0.2) is 4.79 Å². The van der Waals surface area contributed by atoms with Crippen LogP contribution in [0.5, 0.6) is 0 Å². The Balaban J connectivity index is 2.43. The lowest BCUT2D eigenvalue weighted by atomic mass is 10.2. The second-order valence-corrected chi connectivity index (χ2v) is 3.46. The van der Waals surface area contributed by atoms with Crippen molar-refractivity contribution in [2.24, 2.45) is 0 Å². The Kier molecular flexibility index (Phi) is 5.25. The summed E-state index contributed by atoms with van der Waals surface area (Å²) in [6.07, 6.45) is 6.48. The summed E-state index contributed by atoms with van der Waals surface area (Å²) >= 11 is 0. The summed E-state index contributed by atoms with van der Waals surface area (Å²) in [6.45, 7) is 6.58. The van der Waals surface area contributed by atoms with Gasteiger partial charge in [-0.05, 0) is 6.42 Å². The zero-order valence-electron chi connectivity index (χ0n) is 9.56. The highest BCUT2D eigenvalue weighted by molar-refractivity contribution is 5.86. The molecule has 0 unspecified atom stereocenters. The van der Waals surface area contributed by atoms with E-state index in [0.29, 0.717) is 0 Å². The van der Waals surface area contributed by atoms with Gasteiger partial charge in [-0.2, -0.15) is 0 Å². The van der Waals surface area contributed by atoms with Crippen molar-refractivity contribution in [1.29, 1.82) is 0 Å². The number of hydrogen-bond donors (Lipinski definition) is 0. The van der Waals surface area contributed by atoms with Crippen molar-refractivity contribution in [3.63, 3.8) is 0 Å². The lowest BCUT2D eigenvalue weighted by molar-refractivity contribution is 0.0543. The minimum Gasteiger partial charge on any atom is -0.457 e. The van der Waals surface area contributed by atoms with Gasteiger partial charge in [0.15, 0.2) is 5.69 Å². The summed E-state index contributed by atoms with van der Waals surface area (Å²) in [6, 6.07) is 0. The SMILES string of the molecule is C=CCOC(=O)c1cn(CCCCC)nn1. The maximum atomic E-state index is 11.4. The molecule has 0 radical (unpaired) electrons. The van der Waals surface area contributed by atoms with Crippen molar-refractivity contribution in [2.45, 2.75) is 32.7 Å². The number of carbonyl (C=O) groups is 1. The molecule has 0 saturated carbocycles. The molecule has 0 aliphatic carbocycles. The van der Waals surface area contributed by atoms with Gasteiger partial charge in [-0.3, -0.25) is 4.68 Å². The Morgan fingerprint density at radius 3 is 3.12 bits per heavy atom. The van der Waals surface area contributed by atoms with E-state index in [1.165, 1.54) is 6.08 Å². The molecule has 0 aromatic carbocycles. The zero-order valence-corrected chi connectivity index (χ0v) is 9.56. The number of ether oxygens (including phenoxy) is 1. The lowest BCUT2D eigenvalue weighted by Crippen LogP contribution is -2.05. The van der Waals surface area contributed by atoms with E-state index in [0.717, 1.165) is 25.8 Å². The smallest absolute Gasteiger partial charge is 0.360 e. The van der Waals surface area contributed by atoms with E-state index < -0.39 is 5.97 Å². The highest BCUT2D eigenvalue weighted by Gasteiger charge is 2.11. The van der Waals surface area contributed by atoms with Gasteiger partial charge in [0.25, 0.3) is 0 Å². The highest BCUT2D eigenvalue weighted by atomic mass is 16.5. The summed E-state index contributed by atoms with van der Waals surface area (Å²) in [5.41, 5.74) is 0.248. The van der Waals surface area contributed by atoms with E-state index in [4.69, 9.17) is 4.74 Å². The number of aromatic nitrogens is 3. The van der Waals surface area contributed by atoms with E-state index >= 15 is 0 Å². The van der Waals surface area contributed by atoms with E-state index in [2.05, 4.69) is 23.8 Å². The molecular weight excluding hydrogens is 206 g/mol. The number of aryl methyl sites for hydroxylation is 1. The molecule has 1 aromatic rings. The number of hydrogen-bond acceptors (Lipinski definition) is 4. The Morgan fingerprint density at radius 1 is 1.62 bits per heavy atom. The molecule has 0 bridgehead atoms. The van der Waals surface area contributed by atoms with Crippen molar-refractivity contribution in [3.8, 4) is 0 Å². The monoisotopic (exact) mass is 223 g/mol. The average Bonchev–Trinajstić information content (AvgIpc) is 2.75. The Morgan fingerprint density at radius 2 is 2.44 bits per heavy atom. The van der Waals surface area contributed by atoms with E-state index in [-0.39, 0.29) is 12.3 Å². The predicted molar refractivity (Wildman–Crippen MR) is 60.0 cm³/mol. The second-order valence-electron chi connectivity index (χ2n) is 3.46. The van der Waals surface area contributed by atoms with Crippen molar-refractivity contribution < 1.29 is 9.53 Å². The standard InChI is InChI=1S/C11H17N3O2/c1-3-5-6-7-14-9-10(12-13-14)11(15)16-8-4-2/h4,9H,2-3,5-8H2,1H3. The van der Waals surface area contributed by atoms with Crippen molar-refractivity contribution in [1.82, 2.24) is 15.0 Å². The van der Waals surface area contributed by atoms with Crippen LogP contribution in [0.2, 0.25) is 0 Å². The highest BCUT2D eigenvalue weighted by Crippen LogP contribution is 2.00. The van der Waals surface area contributed by atoms with Crippen LogP contribution >= 0.6 is 0 Å². The summed E-state index contributed by atoms with van der Waals surface area (Å²) in [5, 5.41) is 7.61. The molecule has 0 N–H and O–H groups in total. The fourth-order valence-corrected chi connectivity index (χ4v) is 1.23. The molecule has 1 heterocycles. The molecule has 88 valence electrons. The topological polar surface area (TPSA) is 57.0 Å². The minimum absolute atomic E-state index is 0.196. The van der Waals surface area contributed by atoms with Crippen molar-refractivity contribution in [3.05, 3.63) is 24.5 Å². The molecule has 0 saturated heterocycles. The largest absolute Gasteiger partial charge is 0.457 e. The Labute approximate surface area is 95.1 Å². The molecule has 1 aromatic heterocycles. The van der Waals surface area contributed by atoms with Crippen LogP contribution in [0.1, 0.15) is 36.7 Å². The van der Waals surface area contributed by atoms with Gasteiger partial charge in [0.05, 0.1) is 6.20 Å². The van der Waals surface area contributed by atoms with Crippen LogP contribution < -0.4 is 0 Å². The van der Waals surface area contributed by atoms with Gasteiger partial charge in [-0.15, -0.1) is 5.10 Å². The molecule has 5 nitrogen and oxygen atoms in total. The maximum absolute atomic E-state index is 11.4. The fourth-order valence-electron chi connectivity index (χ4n) is 1.23. The first kappa shape index (κ1) is 12.4. The summed E-state index contributed by atoms with van der Waals surface area (Å²) in [5.74, 6) is -0.457. The van der Waals surface area contributed by atoms with Gasteiger partial charge in [0.1, 0.15) is 6.61 Å². The number of nitrogens with zero attached hydrogens (tertiary/aromatic N) is 3. The first-order valence-electron chi connectivity index (χ1n) is 5.46. The van der Waals surface area contributed by atoms with Gasteiger partial charge in [0, 0.05) is 6.54 Å². The Bertz CT molecular complexity index is 347. The summed E-state index contributed by atoms with van der Waals surface area (Å²) in [4.78, 5) is 11.4. The number of unbranched alkanes of at least 4 members (excludes halogenated alkanes) is 2. The predicted octanol–water partition coefficient (Wildman–Crippen LogP) is 1.81.